The number of aliphatic hydroxyl groups is 1. The predicted octanol–water partition coefficient (Wildman–Crippen LogP) is 4.90. The van der Waals surface area contributed by atoms with E-state index in [1.54, 1.807) is 37.3 Å². The Labute approximate surface area is 229 Å². The molecule has 1 aliphatic heterocycles. The highest BCUT2D eigenvalue weighted by molar-refractivity contribution is 6.30. The van der Waals surface area contributed by atoms with E-state index >= 15 is 4.39 Å². The molecule has 2 aromatic carbocycles. The first kappa shape index (κ1) is 27.0. The molecule has 0 saturated heterocycles. The molecule has 204 valence electrons. The van der Waals surface area contributed by atoms with Crippen LogP contribution in [0.2, 0.25) is 5.02 Å². The zero-order valence-corrected chi connectivity index (χ0v) is 22.3. The number of rotatable bonds is 6. The lowest BCUT2D eigenvalue weighted by Gasteiger charge is -2.32. The normalized spacial score (nSPS) is 22.5. The number of amides is 2. The van der Waals surface area contributed by atoms with Gasteiger partial charge in [-0.05, 0) is 62.8 Å². The van der Waals surface area contributed by atoms with Gasteiger partial charge in [-0.15, -0.1) is 0 Å². The molecule has 39 heavy (non-hydrogen) atoms. The molecule has 1 aromatic heterocycles. The van der Waals surface area contributed by atoms with Gasteiger partial charge in [-0.2, -0.15) is 4.39 Å². The van der Waals surface area contributed by atoms with Gasteiger partial charge in [-0.25, -0.2) is 4.39 Å². The summed E-state index contributed by atoms with van der Waals surface area (Å²) < 4.78 is 34.5. The zero-order valence-electron chi connectivity index (χ0n) is 21.5. The summed E-state index contributed by atoms with van der Waals surface area (Å²) in [6.07, 6.45) is 4.37. The van der Waals surface area contributed by atoms with E-state index < -0.39 is 28.7 Å². The summed E-state index contributed by atoms with van der Waals surface area (Å²) in [6.45, 7) is 2.05. The van der Waals surface area contributed by atoms with Crippen molar-refractivity contribution in [1.82, 2.24) is 10.3 Å². The van der Waals surface area contributed by atoms with Crippen molar-refractivity contribution in [2.24, 2.45) is 5.92 Å². The smallest absolute Gasteiger partial charge is 0.268 e. The van der Waals surface area contributed by atoms with E-state index in [0.717, 1.165) is 12.8 Å². The predicted molar refractivity (Wildman–Crippen MR) is 142 cm³/mol. The van der Waals surface area contributed by atoms with E-state index in [4.69, 9.17) is 16.3 Å². The number of benzene rings is 2. The Morgan fingerprint density at radius 1 is 1.15 bits per heavy atom. The summed E-state index contributed by atoms with van der Waals surface area (Å²) >= 11 is 6.00. The van der Waals surface area contributed by atoms with Crippen molar-refractivity contribution in [3.05, 3.63) is 87.7 Å². The molecule has 0 spiro atoms. The van der Waals surface area contributed by atoms with Crippen LogP contribution < -0.4 is 15.0 Å². The van der Waals surface area contributed by atoms with E-state index in [1.807, 2.05) is 0 Å². The molecule has 1 aliphatic carbocycles. The van der Waals surface area contributed by atoms with Crippen LogP contribution in [0.5, 0.6) is 5.75 Å². The van der Waals surface area contributed by atoms with Crippen molar-refractivity contribution in [3.8, 4) is 5.75 Å². The highest BCUT2D eigenvalue weighted by Crippen LogP contribution is 2.46. The number of halogens is 3. The maximum Gasteiger partial charge on any atom is 0.268 e. The third-order valence-corrected chi connectivity index (χ3v) is 7.92. The van der Waals surface area contributed by atoms with Gasteiger partial charge in [0.25, 0.3) is 11.8 Å². The van der Waals surface area contributed by atoms with E-state index in [-0.39, 0.29) is 29.2 Å². The third-order valence-electron chi connectivity index (χ3n) is 7.72. The minimum Gasteiger partial charge on any atom is -0.494 e. The Kier molecular flexibility index (Phi) is 7.31. The highest BCUT2D eigenvalue weighted by Gasteiger charge is 2.53. The summed E-state index contributed by atoms with van der Waals surface area (Å²) in [5.41, 5.74) is -1.15. The lowest BCUT2D eigenvalue weighted by atomic mass is 9.85. The van der Waals surface area contributed by atoms with Gasteiger partial charge < -0.3 is 20.1 Å². The van der Waals surface area contributed by atoms with Crippen LogP contribution in [0.3, 0.4) is 0 Å². The third kappa shape index (κ3) is 4.74. The van der Waals surface area contributed by atoms with Crippen LogP contribution in [0.4, 0.5) is 14.5 Å². The SMILES string of the molecule is COc1ccc(C2(O)C(=O)N(C[C@H]3CC[C@H](NC(=O)c4cc(Cl)cnc4C)CC3)c3ccccc32)c(F)c1F. The van der Waals surface area contributed by atoms with Gasteiger partial charge in [0.05, 0.1) is 29.1 Å². The zero-order chi connectivity index (χ0) is 27.9. The average Bonchev–Trinajstić information content (AvgIpc) is 3.15. The monoisotopic (exact) mass is 555 g/mol. The van der Waals surface area contributed by atoms with Gasteiger partial charge in [0.1, 0.15) is 0 Å². The lowest BCUT2D eigenvalue weighted by molar-refractivity contribution is -0.132. The Bertz CT molecular complexity index is 1440. The number of ether oxygens (including phenoxy) is 1. The second kappa shape index (κ2) is 10.5. The fourth-order valence-corrected chi connectivity index (χ4v) is 5.75. The summed E-state index contributed by atoms with van der Waals surface area (Å²) in [4.78, 5) is 32.1. The number of aromatic nitrogens is 1. The first-order chi connectivity index (χ1) is 18.6. The number of para-hydroxylation sites is 1. The Hall–Kier alpha value is -3.56. The van der Waals surface area contributed by atoms with Crippen LogP contribution in [0.25, 0.3) is 0 Å². The quantitative estimate of drug-likeness (QED) is 0.451. The number of carbonyl (C=O) groups is 2. The van der Waals surface area contributed by atoms with Gasteiger partial charge in [-0.1, -0.05) is 29.8 Å². The average molecular weight is 556 g/mol. The van der Waals surface area contributed by atoms with E-state index in [9.17, 15) is 19.1 Å². The van der Waals surface area contributed by atoms with Gasteiger partial charge in [0.2, 0.25) is 5.82 Å². The first-order valence-corrected chi connectivity index (χ1v) is 13.1. The van der Waals surface area contributed by atoms with Crippen molar-refractivity contribution in [3.63, 3.8) is 0 Å². The van der Waals surface area contributed by atoms with E-state index in [0.29, 0.717) is 41.4 Å². The number of carbonyl (C=O) groups excluding carboxylic acids is 2. The lowest BCUT2D eigenvalue weighted by Crippen LogP contribution is -2.45. The van der Waals surface area contributed by atoms with Crippen LogP contribution in [0.1, 0.15) is 52.9 Å². The van der Waals surface area contributed by atoms with Gasteiger partial charge in [-0.3, -0.25) is 14.6 Å². The number of methoxy groups -OCH3 is 1. The van der Waals surface area contributed by atoms with Crippen LogP contribution in [-0.2, 0) is 10.4 Å². The second-order valence-corrected chi connectivity index (χ2v) is 10.5. The first-order valence-electron chi connectivity index (χ1n) is 12.7. The van der Waals surface area contributed by atoms with Crippen molar-refractivity contribution in [1.29, 1.82) is 0 Å². The number of hydrogen-bond acceptors (Lipinski definition) is 5. The molecular formula is C29H28ClF2N3O4. The molecule has 1 atom stereocenters. The van der Waals surface area contributed by atoms with Crippen molar-refractivity contribution in [2.75, 3.05) is 18.6 Å². The number of nitrogens with zero attached hydrogens (tertiary/aromatic N) is 2. The van der Waals surface area contributed by atoms with Gasteiger partial charge >= 0.3 is 0 Å². The van der Waals surface area contributed by atoms with Crippen LogP contribution >= 0.6 is 11.6 Å². The molecule has 7 nitrogen and oxygen atoms in total. The second-order valence-electron chi connectivity index (χ2n) is 10.1. The summed E-state index contributed by atoms with van der Waals surface area (Å²) in [7, 11) is 1.21. The number of pyridine rings is 1. The fraction of sp³-hybridized carbons (Fsp3) is 0.345. The van der Waals surface area contributed by atoms with Crippen molar-refractivity contribution >= 4 is 29.1 Å². The number of aryl methyl sites for hydroxylation is 1. The molecule has 1 fully saturated rings. The molecule has 10 heteroatoms. The molecule has 2 amide bonds. The maximum absolute atomic E-state index is 15.1. The van der Waals surface area contributed by atoms with E-state index in [1.165, 1.54) is 30.3 Å². The fourth-order valence-electron chi connectivity index (χ4n) is 5.59. The number of fused-ring (bicyclic) bond motifs is 1. The molecule has 2 N–H and O–H groups in total. The standard InChI is InChI=1S/C29H28ClF2N3O4/c1-16-20(13-18(30)14-33-16)27(36)34-19-9-7-17(8-10-19)15-35-23-6-4-3-5-21(23)29(38,28(35)37)22-11-12-24(39-2)26(32)25(22)31/h3-6,11-14,17,19,38H,7-10,15H2,1-2H3,(H,34,36)/t17-,19-,29?. The van der Waals surface area contributed by atoms with Crippen molar-refractivity contribution in [2.45, 2.75) is 44.2 Å². The molecule has 2 aliphatic rings. The summed E-state index contributed by atoms with van der Waals surface area (Å²) in [5.74, 6) is -3.79. The topological polar surface area (TPSA) is 91.8 Å². The summed E-state index contributed by atoms with van der Waals surface area (Å²) in [6, 6.07) is 10.5. The maximum atomic E-state index is 15.1. The molecular weight excluding hydrogens is 528 g/mol. The molecule has 3 aromatic rings. The minimum atomic E-state index is -2.37. The van der Waals surface area contributed by atoms with Crippen LogP contribution in [-0.4, -0.2) is 41.6 Å². The highest BCUT2D eigenvalue weighted by atomic mass is 35.5. The number of nitrogens with one attached hydrogen (secondary N) is 1. The largest absolute Gasteiger partial charge is 0.494 e. The van der Waals surface area contributed by atoms with Gasteiger partial charge in [0.15, 0.2) is 17.2 Å². The summed E-state index contributed by atoms with van der Waals surface area (Å²) in [5, 5.41) is 15.1. The van der Waals surface area contributed by atoms with E-state index in [2.05, 4.69) is 10.3 Å². The Balaban J connectivity index is 1.31. The number of hydrogen-bond donors (Lipinski definition) is 2. The minimum absolute atomic E-state index is 0.0398. The molecule has 1 saturated carbocycles. The van der Waals surface area contributed by atoms with Crippen LogP contribution in [0, 0.1) is 24.5 Å². The Morgan fingerprint density at radius 2 is 1.87 bits per heavy atom. The number of anilines is 1. The molecule has 0 radical (unpaired) electrons. The van der Waals surface area contributed by atoms with Gasteiger partial charge in [0, 0.05) is 29.9 Å². The molecule has 0 bridgehead atoms. The molecule has 5 rings (SSSR count). The Morgan fingerprint density at radius 3 is 2.59 bits per heavy atom. The van der Waals surface area contributed by atoms with Crippen LogP contribution in [0.15, 0.2) is 48.7 Å². The molecule has 1 unspecified atom stereocenters. The van der Waals surface area contributed by atoms with Crippen molar-refractivity contribution < 1.29 is 28.2 Å². The molecule has 2 heterocycles.